The largest absolute Gasteiger partial charge is 0.394 e. The standard InChI is InChI=1S/C21H23N3O2/c1-14-4-6-16(7-5-14)17-10-18(20-8-9-22-24(20)3)12-19(11-17)21(26)23-15(2)13-25/h4-12,15,25H,13H2,1-3H3,(H,23,26)/t15-/m0/s1. The van der Waals surface area contributed by atoms with Crippen molar-refractivity contribution in [2.24, 2.45) is 7.05 Å². The molecule has 0 saturated heterocycles. The summed E-state index contributed by atoms with van der Waals surface area (Å²) in [5.74, 6) is -0.205. The summed E-state index contributed by atoms with van der Waals surface area (Å²) in [6.45, 7) is 3.72. The molecule has 3 rings (SSSR count). The molecule has 0 saturated carbocycles. The molecule has 0 aliphatic heterocycles. The maximum atomic E-state index is 12.6. The first-order valence-electron chi connectivity index (χ1n) is 8.60. The fraction of sp³-hybridized carbons (Fsp3) is 0.238. The Labute approximate surface area is 153 Å². The Hall–Kier alpha value is -2.92. The number of rotatable bonds is 5. The minimum absolute atomic E-state index is 0.0992. The van der Waals surface area contributed by atoms with Crippen molar-refractivity contribution < 1.29 is 9.90 Å². The molecule has 2 aromatic carbocycles. The van der Waals surface area contributed by atoms with Gasteiger partial charge in [-0.05, 0) is 49.2 Å². The number of aliphatic hydroxyl groups excluding tert-OH is 1. The molecule has 0 radical (unpaired) electrons. The second-order valence-electron chi connectivity index (χ2n) is 6.56. The number of carbonyl (C=O) groups is 1. The summed E-state index contributed by atoms with van der Waals surface area (Å²) in [4.78, 5) is 12.6. The van der Waals surface area contributed by atoms with Crippen LogP contribution in [0.3, 0.4) is 0 Å². The number of aromatic nitrogens is 2. The lowest BCUT2D eigenvalue weighted by Gasteiger charge is -2.14. The molecule has 5 heteroatoms. The van der Waals surface area contributed by atoms with Crippen molar-refractivity contribution in [1.29, 1.82) is 0 Å². The van der Waals surface area contributed by atoms with E-state index >= 15 is 0 Å². The summed E-state index contributed by atoms with van der Waals surface area (Å²) >= 11 is 0. The van der Waals surface area contributed by atoms with Crippen molar-refractivity contribution in [2.45, 2.75) is 19.9 Å². The van der Waals surface area contributed by atoms with Crippen molar-refractivity contribution in [3.05, 3.63) is 65.9 Å². The van der Waals surface area contributed by atoms with Gasteiger partial charge in [0, 0.05) is 30.4 Å². The SMILES string of the molecule is Cc1ccc(-c2cc(C(=O)N[C@@H](C)CO)cc(-c3ccnn3C)c2)cc1. The molecule has 0 bridgehead atoms. The molecule has 0 spiro atoms. The van der Waals surface area contributed by atoms with E-state index in [1.165, 1.54) is 5.56 Å². The van der Waals surface area contributed by atoms with E-state index in [0.29, 0.717) is 5.56 Å². The van der Waals surface area contributed by atoms with Crippen molar-refractivity contribution >= 4 is 5.91 Å². The molecular formula is C21H23N3O2. The lowest BCUT2D eigenvalue weighted by molar-refractivity contribution is 0.0922. The van der Waals surface area contributed by atoms with E-state index < -0.39 is 0 Å². The molecule has 0 unspecified atom stereocenters. The number of carbonyl (C=O) groups excluding carboxylic acids is 1. The van der Waals surface area contributed by atoms with Gasteiger partial charge >= 0.3 is 0 Å². The Kier molecular flexibility index (Phi) is 5.19. The summed E-state index contributed by atoms with van der Waals surface area (Å²) in [6, 6.07) is 15.6. The average Bonchev–Trinajstić information content (AvgIpc) is 3.07. The fourth-order valence-electron chi connectivity index (χ4n) is 2.83. The van der Waals surface area contributed by atoms with Gasteiger partial charge in [0.05, 0.1) is 12.3 Å². The Morgan fingerprint density at radius 2 is 1.81 bits per heavy atom. The minimum atomic E-state index is -0.300. The van der Waals surface area contributed by atoms with Crippen molar-refractivity contribution in [1.82, 2.24) is 15.1 Å². The number of nitrogens with zero attached hydrogens (tertiary/aromatic N) is 2. The Balaban J connectivity index is 2.09. The third-order valence-electron chi connectivity index (χ3n) is 4.35. The van der Waals surface area contributed by atoms with Gasteiger partial charge in [0.25, 0.3) is 5.91 Å². The van der Waals surface area contributed by atoms with Crippen LogP contribution in [-0.2, 0) is 7.05 Å². The van der Waals surface area contributed by atoms with Crippen molar-refractivity contribution in [3.63, 3.8) is 0 Å². The van der Waals surface area contributed by atoms with Crippen LogP contribution in [-0.4, -0.2) is 33.4 Å². The van der Waals surface area contributed by atoms with Gasteiger partial charge < -0.3 is 10.4 Å². The van der Waals surface area contributed by atoms with Crippen LogP contribution in [0.1, 0.15) is 22.8 Å². The Bertz CT molecular complexity index is 913. The maximum Gasteiger partial charge on any atom is 0.251 e. The molecule has 0 fully saturated rings. The number of hydrogen-bond acceptors (Lipinski definition) is 3. The van der Waals surface area contributed by atoms with E-state index in [1.54, 1.807) is 17.8 Å². The van der Waals surface area contributed by atoms with Crippen LogP contribution in [0.15, 0.2) is 54.7 Å². The molecule has 1 aromatic heterocycles. The summed E-state index contributed by atoms with van der Waals surface area (Å²) in [5, 5.41) is 16.2. The van der Waals surface area contributed by atoms with E-state index in [1.807, 2.05) is 32.2 Å². The zero-order valence-electron chi connectivity index (χ0n) is 15.2. The lowest BCUT2D eigenvalue weighted by atomic mass is 9.97. The van der Waals surface area contributed by atoms with Gasteiger partial charge in [-0.2, -0.15) is 5.10 Å². The van der Waals surface area contributed by atoms with Crippen LogP contribution in [0, 0.1) is 6.92 Å². The molecule has 1 heterocycles. The lowest BCUT2D eigenvalue weighted by Crippen LogP contribution is -2.35. The van der Waals surface area contributed by atoms with E-state index in [2.05, 4.69) is 40.7 Å². The van der Waals surface area contributed by atoms with Crippen LogP contribution in [0.4, 0.5) is 0 Å². The Morgan fingerprint density at radius 3 is 2.42 bits per heavy atom. The zero-order chi connectivity index (χ0) is 18.7. The van der Waals surface area contributed by atoms with Crippen molar-refractivity contribution in [3.8, 4) is 22.4 Å². The number of aryl methyl sites for hydroxylation is 2. The molecule has 5 nitrogen and oxygen atoms in total. The predicted octanol–water partition coefficient (Wildman–Crippen LogP) is 3.17. The number of nitrogens with one attached hydrogen (secondary N) is 1. The first kappa shape index (κ1) is 17.9. The van der Waals surface area contributed by atoms with Gasteiger partial charge in [0.1, 0.15) is 0 Å². The predicted molar refractivity (Wildman–Crippen MR) is 103 cm³/mol. The van der Waals surface area contributed by atoms with Gasteiger partial charge in [-0.1, -0.05) is 29.8 Å². The highest BCUT2D eigenvalue weighted by Gasteiger charge is 2.14. The van der Waals surface area contributed by atoms with Gasteiger partial charge in [-0.15, -0.1) is 0 Å². The van der Waals surface area contributed by atoms with Gasteiger partial charge in [0.15, 0.2) is 0 Å². The minimum Gasteiger partial charge on any atom is -0.394 e. The normalized spacial score (nSPS) is 12.0. The van der Waals surface area contributed by atoms with Gasteiger partial charge in [-0.25, -0.2) is 0 Å². The first-order valence-corrected chi connectivity index (χ1v) is 8.60. The van der Waals surface area contributed by atoms with E-state index in [-0.39, 0.29) is 18.6 Å². The van der Waals surface area contributed by atoms with Crippen LogP contribution < -0.4 is 5.32 Å². The summed E-state index contributed by atoms with van der Waals surface area (Å²) in [5.41, 5.74) is 5.60. The van der Waals surface area contributed by atoms with Gasteiger partial charge in [-0.3, -0.25) is 9.48 Å². The second-order valence-corrected chi connectivity index (χ2v) is 6.56. The number of aliphatic hydroxyl groups is 1. The van der Waals surface area contributed by atoms with Crippen LogP contribution in [0.25, 0.3) is 22.4 Å². The van der Waals surface area contributed by atoms with E-state index in [9.17, 15) is 9.90 Å². The van der Waals surface area contributed by atoms with Gasteiger partial charge in [0.2, 0.25) is 0 Å². The number of benzene rings is 2. The topological polar surface area (TPSA) is 67.2 Å². The van der Waals surface area contributed by atoms with E-state index in [4.69, 9.17) is 0 Å². The van der Waals surface area contributed by atoms with Crippen LogP contribution in [0.5, 0.6) is 0 Å². The van der Waals surface area contributed by atoms with Crippen molar-refractivity contribution in [2.75, 3.05) is 6.61 Å². The average molecular weight is 349 g/mol. The third kappa shape index (κ3) is 3.83. The zero-order valence-corrected chi connectivity index (χ0v) is 15.2. The number of amides is 1. The quantitative estimate of drug-likeness (QED) is 0.743. The molecule has 0 aliphatic rings. The fourth-order valence-corrected chi connectivity index (χ4v) is 2.83. The molecular weight excluding hydrogens is 326 g/mol. The first-order chi connectivity index (χ1) is 12.5. The number of hydrogen-bond donors (Lipinski definition) is 2. The van der Waals surface area contributed by atoms with Crippen LogP contribution >= 0.6 is 0 Å². The summed E-state index contributed by atoms with van der Waals surface area (Å²) in [6.07, 6.45) is 1.74. The second kappa shape index (κ2) is 7.54. The molecule has 134 valence electrons. The summed E-state index contributed by atoms with van der Waals surface area (Å²) in [7, 11) is 1.88. The van der Waals surface area contributed by atoms with Crippen LogP contribution in [0.2, 0.25) is 0 Å². The monoisotopic (exact) mass is 349 g/mol. The third-order valence-corrected chi connectivity index (χ3v) is 4.35. The maximum absolute atomic E-state index is 12.6. The molecule has 3 aromatic rings. The molecule has 26 heavy (non-hydrogen) atoms. The van der Waals surface area contributed by atoms with E-state index in [0.717, 1.165) is 22.4 Å². The Morgan fingerprint density at radius 1 is 1.12 bits per heavy atom. The highest BCUT2D eigenvalue weighted by Crippen LogP contribution is 2.28. The molecule has 2 N–H and O–H groups in total. The molecule has 0 aliphatic carbocycles. The summed E-state index contributed by atoms with van der Waals surface area (Å²) < 4.78 is 1.78. The molecule has 1 atom stereocenters. The smallest absolute Gasteiger partial charge is 0.251 e. The highest BCUT2D eigenvalue weighted by molar-refractivity contribution is 5.97. The highest BCUT2D eigenvalue weighted by atomic mass is 16.3. The molecule has 1 amide bonds.